The van der Waals surface area contributed by atoms with Crippen LogP contribution in [0.1, 0.15) is 15.9 Å². The van der Waals surface area contributed by atoms with Gasteiger partial charge in [0.2, 0.25) is 0 Å². The van der Waals surface area contributed by atoms with Crippen LogP contribution in [0.15, 0.2) is 90.3 Å². The summed E-state index contributed by atoms with van der Waals surface area (Å²) in [6, 6.07) is 24.6. The van der Waals surface area contributed by atoms with Gasteiger partial charge >= 0.3 is 0 Å². The molecule has 4 rings (SSSR count). The topological polar surface area (TPSA) is 85.3 Å². The van der Waals surface area contributed by atoms with E-state index in [1.54, 1.807) is 30.6 Å². The molecule has 0 spiro atoms. The largest absolute Gasteiger partial charge is 0.398 e. The molecule has 0 aliphatic carbocycles. The first kappa shape index (κ1) is 17.5. The fourth-order valence-corrected chi connectivity index (χ4v) is 3.00. The highest BCUT2D eigenvalue weighted by molar-refractivity contribution is 6.03. The lowest BCUT2D eigenvalue weighted by Gasteiger charge is -2.10. The zero-order chi connectivity index (χ0) is 19.3. The molecule has 4 aromatic rings. The van der Waals surface area contributed by atoms with Crippen LogP contribution in [0.5, 0.6) is 0 Å². The summed E-state index contributed by atoms with van der Waals surface area (Å²) in [5, 5.41) is 4.41. The quantitative estimate of drug-likeness (QED) is 0.321. The summed E-state index contributed by atoms with van der Waals surface area (Å²) in [6.45, 7) is 0.467. The van der Waals surface area contributed by atoms with Crippen LogP contribution >= 0.6 is 0 Å². The molecule has 0 saturated heterocycles. The number of amides is 1. The van der Waals surface area contributed by atoms with Crippen molar-refractivity contribution in [1.82, 2.24) is 15.0 Å². The average Bonchev–Trinajstić information content (AvgIpc) is 3.15. The Labute approximate surface area is 162 Å². The van der Waals surface area contributed by atoms with Crippen molar-refractivity contribution in [3.05, 3.63) is 96.3 Å². The molecule has 138 valence electrons. The van der Waals surface area contributed by atoms with Gasteiger partial charge in [0, 0.05) is 5.69 Å². The Hall–Kier alpha value is -3.93. The third kappa shape index (κ3) is 3.61. The van der Waals surface area contributed by atoms with E-state index in [1.165, 1.54) is 0 Å². The maximum Gasteiger partial charge on any atom is 0.273 e. The number of anilines is 1. The molecule has 0 aliphatic rings. The molecule has 0 atom stereocenters. The number of nitrogens with zero attached hydrogens (tertiary/aromatic N) is 3. The molecule has 0 fully saturated rings. The number of rotatable bonds is 5. The molecule has 3 aromatic carbocycles. The predicted molar refractivity (Wildman–Crippen MR) is 111 cm³/mol. The highest BCUT2D eigenvalue weighted by atomic mass is 16.2. The summed E-state index contributed by atoms with van der Waals surface area (Å²) in [6.07, 6.45) is 1.78. The van der Waals surface area contributed by atoms with Crippen molar-refractivity contribution in [1.29, 1.82) is 0 Å². The van der Waals surface area contributed by atoms with Crippen LogP contribution in [0.3, 0.4) is 0 Å². The maximum absolute atomic E-state index is 12.5. The predicted octanol–water partition coefficient (Wildman–Crippen LogP) is 3.45. The van der Waals surface area contributed by atoms with Gasteiger partial charge in [-0.2, -0.15) is 5.10 Å². The molecular weight excluding hydrogens is 350 g/mol. The van der Waals surface area contributed by atoms with Crippen LogP contribution in [0.25, 0.3) is 11.0 Å². The number of hydrogen-bond donors (Lipinski definition) is 2. The molecule has 1 aromatic heterocycles. The van der Waals surface area contributed by atoms with Crippen molar-refractivity contribution in [2.75, 3.05) is 5.73 Å². The molecule has 6 nitrogen and oxygen atoms in total. The van der Waals surface area contributed by atoms with E-state index in [4.69, 9.17) is 5.73 Å². The number of carbonyl (C=O) groups is 1. The second-order valence-corrected chi connectivity index (χ2v) is 6.31. The number of benzene rings is 3. The number of nitrogens with two attached hydrogens (primary N) is 1. The molecule has 0 radical (unpaired) electrons. The standard InChI is InChI=1S/C22H19N5O/c23-18-11-5-4-10-17(18)22(28)26-25-20(16-8-2-1-3-9-16)14-27-15-24-19-12-6-7-13-21(19)27/h1-13,15H,14,23H2,(H,26,28)/b25-20-. The van der Waals surface area contributed by atoms with Crippen molar-refractivity contribution < 1.29 is 4.79 Å². The average molecular weight is 369 g/mol. The van der Waals surface area contributed by atoms with E-state index in [9.17, 15) is 4.79 Å². The molecule has 1 amide bonds. The zero-order valence-corrected chi connectivity index (χ0v) is 15.1. The number of para-hydroxylation sites is 3. The van der Waals surface area contributed by atoms with Gasteiger partial charge in [0.1, 0.15) is 0 Å². The minimum atomic E-state index is -0.345. The van der Waals surface area contributed by atoms with Crippen LogP contribution in [0.4, 0.5) is 5.69 Å². The van der Waals surface area contributed by atoms with Gasteiger partial charge in [0.15, 0.2) is 0 Å². The Morgan fingerprint density at radius 2 is 1.68 bits per heavy atom. The van der Waals surface area contributed by atoms with E-state index in [2.05, 4.69) is 15.5 Å². The number of hydrazone groups is 1. The SMILES string of the molecule is Nc1ccccc1C(=O)N/N=C(/Cn1cnc2ccccc21)c1ccccc1. The Balaban J connectivity index is 1.65. The first-order valence-electron chi connectivity index (χ1n) is 8.89. The second-order valence-electron chi connectivity index (χ2n) is 6.31. The fraction of sp³-hybridized carbons (Fsp3) is 0.0455. The van der Waals surface area contributed by atoms with Gasteiger partial charge in [-0.05, 0) is 29.8 Å². The number of nitrogens with one attached hydrogen (secondary N) is 1. The normalized spacial score (nSPS) is 11.5. The van der Waals surface area contributed by atoms with Gasteiger partial charge in [-0.25, -0.2) is 10.4 Å². The fourth-order valence-electron chi connectivity index (χ4n) is 3.00. The summed E-state index contributed by atoms with van der Waals surface area (Å²) in [5.41, 5.74) is 12.9. The minimum absolute atomic E-state index is 0.345. The van der Waals surface area contributed by atoms with E-state index in [1.807, 2.05) is 59.2 Å². The molecule has 6 heteroatoms. The Bertz CT molecular complexity index is 1150. The van der Waals surface area contributed by atoms with Gasteiger partial charge in [-0.1, -0.05) is 54.6 Å². The first-order chi connectivity index (χ1) is 13.7. The van der Waals surface area contributed by atoms with Gasteiger partial charge in [0.25, 0.3) is 5.91 Å². The molecule has 0 bridgehead atoms. The number of aromatic nitrogens is 2. The second kappa shape index (κ2) is 7.75. The van der Waals surface area contributed by atoms with Crippen molar-refractivity contribution in [3.8, 4) is 0 Å². The van der Waals surface area contributed by atoms with E-state index in [-0.39, 0.29) is 5.91 Å². The number of imidazole rings is 1. The van der Waals surface area contributed by atoms with Gasteiger partial charge < -0.3 is 10.3 Å². The first-order valence-corrected chi connectivity index (χ1v) is 8.89. The maximum atomic E-state index is 12.5. The molecular formula is C22H19N5O. The Morgan fingerprint density at radius 3 is 2.50 bits per heavy atom. The van der Waals surface area contributed by atoms with Crippen molar-refractivity contribution >= 4 is 28.3 Å². The van der Waals surface area contributed by atoms with E-state index in [0.717, 1.165) is 16.6 Å². The monoisotopic (exact) mass is 369 g/mol. The van der Waals surface area contributed by atoms with Crippen LogP contribution < -0.4 is 11.2 Å². The number of hydrogen-bond acceptors (Lipinski definition) is 4. The highest BCUT2D eigenvalue weighted by Gasteiger charge is 2.11. The summed E-state index contributed by atoms with van der Waals surface area (Å²) in [7, 11) is 0. The van der Waals surface area contributed by atoms with Crippen molar-refractivity contribution in [2.45, 2.75) is 6.54 Å². The lowest BCUT2D eigenvalue weighted by Crippen LogP contribution is -2.23. The molecule has 3 N–H and O–H groups in total. The van der Waals surface area contributed by atoms with Crippen molar-refractivity contribution in [2.24, 2.45) is 5.10 Å². The van der Waals surface area contributed by atoms with Gasteiger partial charge in [-0.3, -0.25) is 4.79 Å². The third-order valence-corrected chi connectivity index (χ3v) is 4.45. The number of nitrogen functional groups attached to an aromatic ring is 1. The zero-order valence-electron chi connectivity index (χ0n) is 15.1. The third-order valence-electron chi connectivity index (χ3n) is 4.45. The Morgan fingerprint density at radius 1 is 0.964 bits per heavy atom. The van der Waals surface area contributed by atoms with Crippen LogP contribution in [0.2, 0.25) is 0 Å². The molecule has 0 unspecified atom stereocenters. The van der Waals surface area contributed by atoms with Crippen LogP contribution in [-0.4, -0.2) is 21.2 Å². The Kier molecular flexibility index (Phi) is 4.84. The van der Waals surface area contributed by atoms with E-state index >= 15 is 0 Å². The lowest BCUT2D eigenvalue weighted by molar-refractivity contribution is 0.0955. The molecule has 28 heavy (non-hydrogen) atoms. The van der Waals surface area contributed by atoms with Crippen LogP contribution in [0, 0.1) is 0 Å². The van der Waals surface area contributed by atoms with E-state index < -0.39 is 0 Å². The summed E-state index contributed by atoms with van der Waals surface area (Å²) >= 11 is 0. The minimum Gasteiger partial charge on any atom is -0.398 e. The lowest BCUT2D eigenvalue weighted by atomic mass is 10.1. The van der Waals surface area contributed by atoms with Gasteiger partial charge in [0.05, 0.1) is 35.2 Å². The summed E-state index contributed by atoms with van der Waals surface area (Å²) in [4.78, 5) is 16.9. The summed E-state index contributed by atoms with van der Waals surface area (Å²) < 4.78 is 2.00. The number of fused-ring (bicyclic) bond motifs is 1. The van der Waals surface area contributed by atoms with Gasteiger partial charge in [-0.15, -0.1) is 0 Å². The van der Waals surface area contributed by atoms with Crippen molar-refractivity contribution in [3.63, 3.8) is 0 Å². The molecule has 1 heterocycles. The molecule has 0 saturated carbocycles. The highest BCUT2D eigenvalue weighted by Crippen LogP contribution is 2.14. The van der Waals surface area contributed by atoms with Crippen LogP contribution in [-0.2, 0) is 6.54 Å². The number of carbonyl (C=O) groups excluding carboxylic acids is 1. The smallest absolute Gasteiger partial charge is 0.273 e. The molecule has 0 aliphatic heterocycles. The van der Waals surface area contributed by atoms with E-state index in [0.29, 0.717) is 23.5 Å². The summed E-state index contributed by atoms with van der Waals surface area (Å²) in [5.74, 6) is -0.345.